The van der Waals surface area contributed by atoms with Gasteiger partial charge in [0.15, 0.2) is 0 Å². The number of hydrogen-bond acceptors (Lipinski definition) is 1. The van der Waals surface area contributed by atoms with Crippen LogP contribution in [0.25, 0.3) is 0 Å². The molecule has 0 saturated carbocycles. The van der Waals surface area contributed by atoms with Gasteiger partial charge >= 0.3 is 0 Å². The van der Waals surface area contributed by atoms with Crippen molar-refractivity contribution in [3.05, 3.63) is 0 Å². The maximum atomic E-state index is 11.2. The molecule has 13 heavy (non-hydrogen) atoms. The summed E-state index contributed by atoms with van der Waals surface area (Å²) in [5.41, 5.74) is 0. The van der Waals surface area contributed by atoms with Crippen LogP contribution in [0.4, 0.5) is 4.79 Å². The van der Waals surface area contributed by atoms with Crippen LogP contribution in [0.15, 0.2) is 0 Å². The van der Waals surface area contributed by atoms with Gasteiger partial charge in [0, 0.05) is 12.6 Å². The third-order valence-electron chi connectivity index (χ3n) is 2.71. The SMILES string of the molecule is CCC(C)C(CC)N(CC)C(=O)S. The highest BCUT2D eigenvalue weighted by atomic mass is 32.1. The zero-order chi connectivity index (χ0) is 10.4. The molecule has 0 aliphatic rings. The molecule has 2 unspecified atom stereocenters. The summed E-state index contributed by atoms with van der Waals surface area (Å²) >= 11 is 3.89. The molecular weight excluding hydrogens is 182 g/mol. The minimum atomic E-state index is -0.102. The molecule has 3 heteroatoms. The number of carbonyl (C=O) groups excluding carboxylic acids is 1. The molecule has 0 aromatic heterocycles. The van der Waals surface area contributed by atoms with Gasteiger partial charge in [-0.25, -0.2) is 0 Å². The smallest absolute Gasteiger partial charge is 0.278 e. The molecule has 0 aliphatic carbocycles. The lowest BCUT2D eigenvalue weighted by Gasteiger charge is -2.32. The summed E-state index contributed by atoms with van der Waals surface area (Å²) < 4.78 is 0. The highest BCUT2D eigenvalue weighted by Crippen LogP contribution is 2.18. The van der Waals surface area contributed by atoms with Crippen LogP contribution in [0.5, 0.6) is 0 Å². The minimum Gasteiger partial charge on any atom is -0.331 e. The quantitative estimate of drug-likeness (QED) is 0.680. The Morgan fingerprint density at radius 3 is 2.08 bits per heavy atom. The molecule has 2 atom stereocenters. The standard InChI is InChI=1S/C10H21NOS/c1-5-8(4)9(6-2)11(7-3)10(12)13/h8-9H,5-7H2,1-4H3,(H,12,13). The van der Waals surface area contributed by atoms with Gasteiger partial charge in [-0.15, -0.1) is 0 Å². The topological polar surface area (TPSA) is 20.3 Å². The average molecular weight is 203 g/mol. The molecule has 0 spiro atoms. The number of amides is 1. The van der Waals surface area contributed by atoms with Gasteiger partial charge in [0.2, 0.25) is 0 Å². The van der Waals surface area contributed by atoms with Gasteiger partial charge in [-0.05, 0) is 19.3 Å². The summed E-state index contributed by atoms with van der Waals surface area (Å²) in [7, 11) is 0. The lowest BCUT2D eigenvalue weighted by atomic mass is 9.96. The van der Waals surface area contributed by atoms with E-state index in [0.717, 1.165) is 19.4 Å². The molecule has 0 rings (SSSR count). The molecule has 0 fully saturated rings. The van der Waals surface area contributed by atoms with E-state index in [0.29, 0.717) is 12.0 Å². The molecule has 0 saturated heterocycles. The molecular formula is C10H21NOS. The zero-order valence-electron chi connectivity index (χ0n) is 9.08. The summed E-state index contributed by atoms with van der Waals surface area (Å²) in [5.74, 6) is 0.557. The van der Waals surface area contributed by atoms with Gasteiger partial charge in [-0.3, -0.25) is 4.79 Å². The second-order valence-electron chi connectivity index (χ2n) is 3.43. The molecule has 78 valence electrons. The van der Waals surface area contributed by atoms with E-state index in [1.165, 1.54) is 0 Å². The van der Waals surface area contributed by atoms with Crippen molar-refractivity contribution >= 4 is 17.9 Å². The van der Waals surface area contributed by atoms with E-state index in [1.807, 2.05) is 11.8 Å². The van der Waals surface area contributed by atoms with Crippen molar-refractivity contribution in [2.75, 3.05) is 6.54 Å². The first-order valence-electron chi connectivity index (χ1n) is 5.07. The van der Waals surface area contributed by atoms with Gasteiger partial charge in [0.25, 0.3) is 5.24 Å². The summed E-state index contributed by atoms with van der Waals surface area (Å²) in [6, 6.07) is 0.347. The predicted molar refractivity (Wildman–Crippen MR) is 60.3 cm³/mol. The molecule has 2 nitrogen and oxygen atoms in total. The van der Waals surface area contributed by atoms with E-state index in [4.69, 9.17) is 0 Å². The third kappa shape index (κ3) is 3.59. The Kier molecular flexibility index (Phi) is 6.21. The Bertz CT molecular complexity index is 161. The normalized spacial score (nSPS) is 15.2. The van der Waals surface area contributed by atoms with Crippen molar-refractivity contribution in [1.82, 2.24) is 4.90 Å². The first-order valence-corrected chi connectivity index (χ1v) is 5.52. The highest BCUT2D eigenvalue weighted by Gasteiger charge is 2.22. The van der Waals surface area contributed by atoms with Crippen LogP contribution in [-0.2, 0) is 0 Å². The molecule has 0 aromatic rings. The second kappa shape index (κ2) is 6.30. The molecule has 0 radical (unpaired) electrons. The van der Waals surface area contributed by atoms with E-state index >= 15 is 0 Å². The van der Waals surface area contributed by atoms with E-state index in [9.17, 15) is 4.79 Å². The van der Waals surface area contributed by atoms with E-state index < -0.39 is 0 Å². The third-order valence-corrected chi connectivity index (χ3v) is 2.96. The van der Waals surface area contributed by atoms with Gasteiger partial charge in [-0.2, -0.15) is 0 Å². The minimum absolute atomic E-state index is 0.102. The number of nitrogens with zero attached hydrogens (tertiary/aromatic N) is 1. The number of rotatable bonds is 5. The van der Waals surface area contributed by atoms with Crippen molar-refractivity contribution in [3.8, 4) is 0 Å². The van der Waals surface area contributed by atoms with Crippen LogP contribution in [-0.4, -0.2) is 22.7 Å². The molecule has 0 heterocycles. The van der Waals surface area contributed by atoms with Crippen LogP contribution in [0.1, 0.15) is 40.5 Å². The number of carbonyl (C=O) groups is 1. The van der Waals surface area contributed by atoms with Crippen LogP contribution >= 0.6 is 12.6 Å². The van der Waals surface area contributed by atoms with Crippen LogP contribution in [0.3, 0.4) is 0 Å². The number of hydrogen-bond donors (Lipinski definition) is 1. The fourth-order valence-electron chi connectivity index (χ4n) is 1.71. The maximum absolute atomic E-state index is 11.2. The van der Waals surface area contributed by atoms with Crippen molar-refractivity contribution < 1.29 is 4.79 Å². The Hall–Kier alpha value is -0.180. The van der Waals surface area contributed by atoms with Crippen molar-refractivity contribution in [1.29, 1.82) is 0 Å². The monoisotopic (exact) mass is 203 g/mol. The molecule has 1 amide bonds. The van der Waals surface area contributed by atoms with E-state index in [-0.39, 0.29) is 5.24 Å². The van der Waals surface area contributed by atoms with E-state index in [2.05, 4.69) is 33.4 Å². The van der Waals surface area contributed by atoms with Crippen molar-refractivity contribution in [2.45, 2.75) is 46.6 Å². The summed E-state index contributed by atoms with van der Waals surface area (Å²) in [6.45, 7) is 9.22. The van der Waals surface area contributed by atoms with Gasteiger partial charge < -0.3 is 4.90 Å². The Morgan fingerprint density at radius 1 is 1.31 bits per heavy atom. The van der Waals surface area contributed by atoms with Crippen molar-refractivity contribution in [2.24, 2.45) is 5.92 Å². The lowest BCUT2D eigenvalue weighted by Crippen LogP contribution is -2.40. The first kappa shape index (κ1) is 12.8. The fourth-order valence-corrected chi connectivity index (χ4v) is 2.00. The van der Waals surface area contributed by atoms with Gasteiger partial charge in [0.05, 0.1) is 0 Å². The molecule has 0 N–H and O–H groups in total. The molecule has 0 bridgehead atoms. The Labute approximate surface area is 87.1 Å². The van der Waals surface area contributed by atoms with Crippen LogP contribution < -0.4 is 0 Å². The van der Waals surface area contributed by atoms with E-state index in [1.54, 1.807) is 0 Å². The number of thiol groups is 1. The average Bonchev–Trinajstić information content (AvgIpc) is 2.12. The summed E-state index contributed by atoms with van der Waals surface area (Å²) in [5, 5.41) is -0.102. The Morgan fingerprint density at radius 2 is 1.85 bits per heavy atom. The maximum Gasteiger partial charge on any atom is 0.278 e. The predicted octanol–water partition coefficient (Wildman–Crippen LogP) is 3.18. The van der Waals surface area contributed by atoms with Gasteiger partial charge in [-0.1, -0.05) is 39.8 Å². The van der Waals surface area contributed by atoms with Crippen molar-refractivity contribution in [3.63, 3.8) is 0 Å². The van der Waals surface area contributed by atoms with Crippen LogP contribution in [0, 0.1) is 5.92 Å². The second-order valence-corrected chi connectivity index (χ2v) is 3.81. The Balaban J connectivity index is 4.42. The lowest BCUT2D eigenvalue weighted by molar-refractivity contribution is 0.172. The highest BCUT2D eigenvalue weighted by molar-refractivity contribution is 7.96. The van der Waals surface area contributed by atoms with Gasteiger partial charge in [0.1, 0.15) is 0 Å². The van der Waals surface area contributed by atoms with Crippen LogP contribution in [0.2, 0.25) is 0 Å². The molecule has 0 aliphatic heterocycles. The first-order chi connectivity index (χ1) is 6.08. The summed E-state index contributed by atoms with van der Waals surface area (Å²) in [6.07, 6.45) is 2.12. The summed E-state index contributed by atoms with van der Waals surface area (Å²) in [4.78, 5) is 13.0. The zero-order valence-corrected chi connectivity index (χ0v) is 9.97. The molecule has 0 aromatic carbocycles. The largest absolute Gasteiger partial charge is 0.331 e. The fraction of sp³-hybridized carbons (Fsp3) is 0.900.